The van der Waals surface area contributed by atoms with Gasteiger partial charge in [0.15, 0.2) is 5.76 Å². The average molecular weight is 345 g/mol. The maximum atomic E-state index is 11.4. The van der Waals surface area contributed by atoms with E-state index in [0.29, 0.717) is 28.5 Å². The maximum Gasteiger partial charge on any atom is 0.341 e. The van der Waals surface area contributed by atoms with Crippen molar-refractivity contribution in [2.24, 2.45) is 0 Å². The van der Waals surface area contributed by atoms with Crippen molar-refractivity contribution in [3.63, 3.8) is 0 Å². The number of nitrogens with zero attached hydrogens (tertiary/aromatic N) is 1. The Morgan fingerprint density at radius 3 is 2.84 bits per heavy atom. The number of carbonyl (C=O) groups is 1. The minimum Gasteiger partial charge on any atom is -0.477 e. The predicted octanol–water partition coefficient (Wildman–Crippen LogP) is 4.41. The van der Waals surface area contributed by atoms with E-state index in [1.807, 2.05) is 6.92 Å². The number of hydrogen-bond acceptors (Lipinski definition) is 3. The molecule has 0 aliphatic rings. The largest absolute Gasteiger partial charge is 0.477 e. The molecular formula is C13H11BrClNO3. The van der Waals surface area contributed by atoms with Crippen LogP contribution in [0.5, 0.6) is 0 Å². The van der Waals surface area contributed by atoms with Gasteiger partial charge < -0.3 is 9.63 Å². The van der Waals surface area contributed by atoms with Crippen LogP contribution in [0.25, 0.3) is 11.3 Å². The lowest BCUT2D eigenvalue weighted by Crippen LogP contribution is -2.01. The van der Waals surface area contributed by atoms with Crippen molar-refractivity contribution in [3.8, 4) is 11.3 Å². The second-order valence-electron chi connectivity index (χ2n) is 4.01. The third-order valence-corrected chi connectivity index (χ3v) is 3.88. The molecule has 4 nitrogen and oxygen atoms in total. The van der Waals surface area contributed by atoms with Crippen LogP contribution in [0.4, 0.5) is 0 Å². The Morgan fingerprint density at radius 1 is 1.53 bits per heavy atom. The quantitative estimate of drug-likeness (QED) is 0.892. The van der Waals surface area contributed by atoms with Crippen LogP contribution in [-0.4, -0.2) is 16.2 Å². The van der Waals surface area contributed by atoms with Crippen LogP contribution in [0.3, 0.4) is 0 Å². The minimum atomic E-state index is -1.04. The first-order valence-electron chi connectivity index (χ1n) is 5.71. The van der Waals surface area contributed by atoms with E-state index in [-0.39, 0.29) is 5.56 Å². The summed E-state index contributed by atoms with van der Waals surface area (Å²) in [5.41, 5.74) is 1.04. The number of rotatable bonds is 4. The Balaban J connectivity index is 2.55. The number of halogens is 2. The van der Waals surface area contributed by atoms with Crippen LogP contribution in [0.2, 0.25) is 5.02 Å². The first kappa shape index (κ1) is 14.1. The van der Waals surface area contributed by atoms with Crippen molar-refractivity contribution in [1.82, 2.24) is 5.16 Å². The molecule has 0 saturated heterocycles. The van der Waals surface area contributed by atoms with Crippen LogP contribution in [-0.2, 0) is 6.42 Å². The van der Waals surface area contributed by atoms with Crippen molar-refractivity contribution in [2.75, 3.05) is 0 Å². The standard InChI is InChI=1S/C13H11BrClNO3/c1-2-3-10-11(13(17)18)12(16-19-10)7-4-5-8(14)9(15)6-7/h4-6H,2-3H2,1H3,(H,17,18). The molecule has 0 spiro atoms. The lowest BCUT2D eigenvalue weighted by atomic mass is 10.0. The zero-order chi connectivity index (χ0) is 14.0. The fourth-order valence-corrected chi connectivity index (χ4v) is 2.21. The van der Waals surface area contributed by atoms with Gasteiger partial charge in [-0.3, -0.25) is 0 Å². The van der Waals surface area contributed by atoms with Crippen molar-refractivity contribution < 1.29 is 14.4 Å². The molecule has 0 amide bonds. The Labute approximate surface area is 123 Å². The second kappa shape index (κ2) is 5.75. The maximum absolute atomic E-state index is 11.4. The van der Waals surface area contributed by atoms with E-state index >= 15 is 0 Å². The molecule has 6 heteroatoms. The van der Waals surface area contributed by atoms with E-state index in [1.54, 1.807) is 18.2 Å². The molecular weight excluding hydrogens is 334 g/mol. The van der Waals surface area contributed by atoms with E-state index in [4.69, 9.17) is 16.1 Å². The van der Waals surface area contributed by atoms with E-state index in [2.05, 4.69) is 21.1 Å². The molecule has 0 aliphatic carbocycles. The van der Waals surface area contributed by atoms with Gasteiger partial charge in [-0.1, -0.05) is 29.7 Å². The van der Waals surface area contributed by atoms with Crippen LogP contribution >= 0.6 is 27.5 Å². The molecule has 100 valence electrons. The van der Waals surface area contributed by atoms with Crippen molar-refractivity contribution in [1.29, 1.82) is 0 Å². The normalized spacial score (nSPS) is 10.7. The lowest BCUT2D eigenvalue weighted by molar-refractivity contribution is 0.0695. The van der Waals surface area contributed by atoms with Crippen LogP contribution in [0.15, 0.2) is 27.2 Å². The van der Waals surface area contributed by atoms with E-state index in [9.17, 15) is 9.90 Å². The smallest absolute Gasteiger partial charge is 0.341 e. The number of aromatic nitrogens is 1. The van der Waals surface area contributed by atoms with Gasteiger partial charge in [0.2, 0.25) is 0 Å². The van der Waals surface area contributed by atoms with Crippen LogP contribution < -0.4 is 0 Å². The summed E-state index contributed by atoms with van der Waals surface area (Å²) in [5, 5.41) is 13.7. The molecule has 1 N–H and O–H groups in total. The van der Waals surface area contributed by atoms with Crippen molar-refractivity contribution >= 4 is 33.5 Å². The number of hydrogen-bond donors (Lipinski definition) is 1. The number of carboxylic acid groups (broad SMARTS) is 1. The number of carboxylic acids is 1. The Hall–Kier alpha value is -1.33. The predicted molar refractivity (Wildman–Crippen MR) is 75.6 cm³/mol. The van der Waals surface area contributed by atoms with E-state index < -0.39 is 5.97 Å². The molecule has 0 unspecified atom stereocenters. The highest BCUT2D eigenvalue weighted by Gasteiger charge is 2.23. The zero-order valence-electron chi connectivity index (χ0n) is 10.1. The van der Waals surface area contributed by atoms with Gasteiger partial charge in [-0.05, 0) is 34.5 Å². The molecule has 1 aromatic carbocycles. The van der Waals surface area contributed by atoms with Gasteiger partial charge in [0.25, 0.3) is 0 Å². The number of aryl methyl sites for hydroxylation is 1. The van der Waals surface area contributed by atoms with Gasteiger partial charge in [0.05, 0.1) is 5.02 Å². The molecule has 0 radical (unpaired) electrons. The highest BCUT2D eigenvalue weighted by Crippen LogP contribution is 2.31. The molecule has 2 rings (SSSR count). The van der Waals surface area contributed by atoms with Crippen molar-refractivity contribution in [3.05, 3.63) is 39.0 Å². The van der Waals surface area contributed by atoms with E-state index in [1.165, 1.54) is 0 Å². The summed E-state index contributed by atoms with van der Waals surface area (Å²) in [6.07, 6.45) is 1.33. The van der Waals surface area contributed by atoms with E-state index in [0.717, 1.165) is 10.9 Å². The first-order valence-corrected chi connectivity index (χ1v) is 6.89. The van der Waals surface area contributed by atoms with Crippen LogP contribution in [0, 0.1) is 0 Å². The fraction of sp³-hybridized carbons (Fsp3) is 0.231. The summed E-state index contributed by atoms with van der Waals surface area (Å²) >= 11 is 9.30. The SMILES string of the molecule is CCCc1onc(-c2ccc(Br)c(Cl)c2)c1C(=O)O. The summed E-state index contributed by atoms with van der Waals surface area (Å²) in [6.45, 7) is 1.95. The van der Waals surface area contributed by atoms with Crippen molar-refractivity contribution in [2.45, 2.75) is 19.8 Å². The van der Waals surface area contributed by atoms with Gasteiger partial charge in [-0.15, -0.1) is 0 Å². The number of aromatic carboxylic acids is 1. The monoisotopic (exact) mass is 343 g/mol. The zero-order valence-corrected chi connectivity index (χ0v) is 12.5. The summed E-state index contributed by atoms with van der Waals surface area (Å²) in [5.74, 6) is -0.650. The highest BCUT2D eigenvalue weighted by atomic mass is 79.9. The third kappa shape index (κ3) is 2.82. The van der Waals surface area contributed by atoms with Gasteiger partial charge in [0, 0.05) is 16.5 Å². The average Bonchev–Trinajstić information content (AvgIpc) is 2.77. The second-order valence-corrected chi connectivity index (χ2v) is 5.27. The van der Waals surface area contributed by atoms with Gasteiger partial charge in [0.1, 0.15) is 11.3 Å². The third-order valence-electron chi connectivity index (χ3n) is 2.65. The molecule has 0 bridgehead atoms. The summed E-state index contributed by atoms with van der Waals surface area (Å²) in [4.78, 5) is 11.4. The summed E-state index contributed by atoms with van der Waals surface area (Å²) in [7, 11) is 0. The molecule has 0 saturated carbocycles. The minimum absolute atomic E-state index is 0.111. The molecule has 19 heavy (non-hydrogen) atoms. The summed E-state index contributed by atoms with van der Waals surface area (Å²) in [6, 6.07) is 5.15. The van der Waals surface area contributed by atoms with Gasteiger partial charge >= 0.3 is 5.97 Å². The Morgan fingerprint density at radius 2 is 2.26 bits per heavy atom. The van der Waals surface area contributed by atoms with Gasteiger partial charge in [-0.2, -0.15) is 0 Å². The fourth-order valence-electron chi connectivity index (χ4n) is 1.78. The van der Waals surface area contributed by atoms with Gasteiger partial charge in [-0.25, -0.2) is 4.79 Å². The molecule has 2 aromatic rings. The number of benzene rings is 1. The lowest BCUT2D eigenvalue weighted by Gasteiger charge is -2.01. The molecule has 0 fully saturated rings. The molecule has 0 aliphatic heterocycles. The molecule has 1 aromatic heterocycles. The Bertz CT molecular complexity index is 624. The van der Waals surface area contributed by atoms with Crippen LogP contribution in [0.1, 0.15) is 29.5 Å². The molecule has 1 heterocycles. The highest BCUT2D eigenvalue weighted by molar-refractivity contribution is 9.10. The summed E-state index contributed by atoms with van der Waals surface area (Å²) < 4.78 is 5.88. The molecule has 0 atom stereocenters. The Kier molecular flexibility index (Phi) is 4.27. The first-order chi connectivity index (χ1) is 9.04. The topological polar surface area (TPSA) is 63.3 Å².